The van der Waals surface area contributed by atoms with E-state index in [0.29, 0.717) is 29.5 Å². The first-order valence-electron chi connectivity index (χ1n) is 9.08. The van der Waals surface area contributed by atoms with E-state index in [1.54, 1.807) is 43.5 Å². The van der Waals surface area contributed by atoms with Gasteiger partial charge >= 0.3 is 0 Å². The van der Waals surface area contributed by atoms with Crippen LogP contribution in [0.1, 0.15) is 6.92 Å². The molecule has 9 heteroatoms. The van der Waals surface area contributed by atoms with Crippen molar-refractivity contribution < 1.29 is 27.4 Å². The molecule has 0 aromatic heterocycles. The SMILES string of the molecule is CCOc1ccc(N(CC(=O)NCCOc2ccccc2OC)S(C)(=O)=O)cc1. The third kappa shape index (κ3) is 6.86. The Morgan fingerprint density at radius 1 is 1.03 bits per heavy atom. The number of hydrogen-bond acceptors (Lipinski definition) is 6. The summed E-state index contributed by atoms with van der Waals surface area (Å²) in [5.74, 6) is 1.35. The molecule has 0 bridgehead atoms. The van der Waals surface area contributed by atoms with Crippen LogP contribution in [-0.2, 0) is 14.8 Å². The maximum atomic E-state index is 12.3. The molecule has 1 N–H and O–H groups in total. The molecule has 0 spiro atoms. The Morgan fingerprint density at radius 2 is 1.69 bits per heavy atom. The summed E-state index contributed by atoms with van der Waals surface area (Å²) in [4.78, 5) is 12.3. The Labute approximate surface area is 171 Å². The van der Waals surface area contributed by atoms with Gasteiger partial charge in [0.15, 0.2) is 11.5 Å². The summed E-state index contributed by atoms with van der Waals surface area (Å²) in [6, 6.07) is 13.7. The van der Waals surface area contributed by atoms with Crippen molar-refractivity contribution in [1.82, 2.24) is 5.32 Å². The van der Waals surface area contributed by atoms with Crippen LogP contribution < -0.4 is 23.8 Å². The molecule has 0 aliphatic carbocycles. The predicted octanol–water partition coefficient (Wildman–Crippen LogP) is 2.06. The van der Waals surface area contributed by atoms with E-state index in [1.807, 2.05) is 19.1 Å². The number of ether oxygens (including phenoxy) is 3. The van der Waals surface area contributed by atoms with E-state index in [0.717, 1.165) is 10.6 Å². The van der Waals surface area contributed by atoms with Gasteiger partial charge in [-0.2, -0.15) is 0 Å². The van der Waals surface area contributed by atoms with E-state index >= 15 is 0 Å². The van der Waals surface area contributed by atoms with Crippen LogP contribution >= 0.6 is 0 Å². The number of carbonyl (C=O) groups excluding carboxylic acids is 1. The number of anilines is 1. The zero-order valence-corrected chi connectivity index (χ0v) is 17.6. The van der Waals surface area contributed by atoms with Gasteiger partial charge in [-0.25, -0.2) is 8.42 Å². The molecule has 0 unspecified atom stereocenters. The van der Waals surface area contributed by atoms with E-state index in [4.69, 9.17) is 14.2 Å². The first-order valence-corrected chi connectivity index (χ1v) is 10.9. The molecule has 0 aliphatic heterocycles. The van der Waals surface area contributed by atoms with Gasteiger partial charge in [0.05, 0.1) is 32.2 Å². The lowest BCUT2D eigenvalue weighted by molar-refractivity contribution is -0.119. The quantitative estimate of drug-likeness (QED) is 0.557. The Morgan fingerprint density at radius 3 is 2.28 bits per heavy atom. The van der Waals surface area contributed by atoms with Crippen molar-refractivity contribution in [3.05, 3.63) is 48.5 Å². The van der Waals surface area contributed by atoms with Crippen molar-refractivity contribution in [1.29, 1.82) is 0 Å². The highest BCUT2D eigenvalue weighted by atomic mass is 32.2. The number of nitrogens with zero attached hydrogens (tertiary/aromatic N) is 1. The number of nitrogens with one attached hydrogen (secondary N) is 1. The minimum absolute atomic E-state index is 0.216. The molecule has 8 nitrogen and oxygen atoms in total. The fourth-order valence-corrected chi connectivity index (χ4v) is 3.41. The molecule has 1 amide bonds. The van der Waals surface area contributed by atoms with Crippen molar-refractivity contribution in [2.75, 3.05) is 44.0 Å². The molecule has 0 aliphatic rings. The molecule has 158 valence electrons. The number of sulfonamides is 1. The van der Waals surface area contributed by atoms with Gasteiger partial charge in [0.2, 0.25) is 15.9 Å². The second-order valence-corrected chi connectivity index (χ2v) is 7.95. The summed E-state index contributed by atoms with van der Waals surface area (Å²) in [6.45, 7) is 2.47. The Kier molecular flexibility index (Phi) is 8.14. The van der Waals surface area contributed by atoms with Crippen LogP contribution in [0.4, 0.5) is 5.69 Å². The highest BCUT2D eigenvalue weighted by Gasteiger charge is 2.20. The van der Waals surface area contributed by atoms with E-state index in [2.05, 4.69) is 5.32 Å². The summed E-state index contributed by atoms with van der Waals surface area (Å²) in [5.41, 5.74) is 0.386. The van der Waals surface area contributed by atoms with Crippen LogP contribution in [0.25, 0.3) is 0 Å². The van der Waals surface area contributed by atoms with Gasteiger partial charge in [-0.05, 0) is 43.3 Å². The average molecular weight is 423 g/mol. The Balaban J connectivity index is 1.91. The fourth-order valence-electron chi connectivity index (χ4n) is 2.55. The number of carbonyl (C=O) groups is 1. The topological polar surface area (TPSA) is 94.2 Å². The molecule has 0 atom stereocenters. The van der Waals surface area contributed by atoms with Crippen LogP contribution in [0, 0.1) is 0 Å². The molecule has 29 heavy (non-hydrogen) atoms. The smallest absolute Gasteiger partial charge is 0.240 e. The summed E-state index contributed by atoms with van der Waals surface area (Å²) in [6.07, 6.45) is 1.06. The van der Waals surface area contributed by atoms with Crippen molar-refractivity contribution in [3.8, 4) is 17.2 Å². The maximum Gasteiger partial charge on any atom is 0.240 e. The standard InChI is InChI=1S/C20H26N2O6S/c1-4-27-17-11-9-16(10-12-17)22(29(3,24)25)15-20(23)21-13-14-28-19-8-6-5-7-18(19)26-2/h5-12H,4,13-15H2,1-3H3,(H,21,23). The Bertz CT molecular complexity index is 899. The number of methoxy groups -OCH3 is 1. The summed E-state index contributed by atoms with van der Waals surface area (Å²) >= 11 is 0. The van der Waals surface area contributed by atoms with Crippen LogP contribution in [-0.4, -0.2) is 54.0 Å². The number of hydrogen-bond donors (Lipinski definition) is 1. The molecular formula is C20H26N2O6S. The minimum atomic E-state index is -3.64. The zero-order chi connectivity index (χ0) is 21.3. The second kappa shape index (κ2) is 10.6. The van der Waals surface area contributed by atoms with Gasteiger partial charge in [0.1, 0.15) is 18.9 Å². The second-order valence-electron chi connectivity index (χ2n) is 6.05. The summed E-state index contributed by atoms with van der Waals surface area (Å²) < 4.78 is 41.5. The van der Waals surface area contributed by atoms with Gasteiger partial charge in [0, 0.05) is 0 Å². The minimum Gasteiger partial charge on any atom is -0.494 e. The highest BCUT2D eigenvalue weighted by molar-refractivity contribution is 7.92. The van der Waals surface area contributed by atoms with Crippen molar-refractivity contribution in [2.45, 2.75) is 6.92 Å². The summed E-state index contributed by atoms with van der Waals surface area (Å²) in [7, 11) is -2.09. The van der Waals surface area contributed by atoms with Gasteiger partial charge < -0.3 is 19.5 Å². The number of benzene rings is 2. The van der Waals surface area contributed by atoms with Gasteiger partial charge in [-0.1, -0.05) is 12.1 Å². The van der Waals surface area contributed by atoms with E-state index in [9.17, 15) is 13.2 Å². The lowest BCUT2D eigenvalue weighted by Gasteiger charge is -2.22. The highest BCUT2D eigenvalue weighted by Crippen LogP contribution is 2.25. The Hall–Kier alpha value is -2.94. The first-order chi connectivity index (χ1) is 13.8. The normalized spacial score (nSPS) is 10.9. The lowest BCUT2D eigenvalue weighted by Crippen LogP contribution is -2.41. The van der Waals surface area contributed by atoms with Crippen molar-refractivity contribution in [2.24, 2.45) is 0 Å². The predicted molar refractivity (Wildman–Crippen MR) is 111 cm³/mol. The third-order valence-electron chi connectivity index (χ3n) is 3.87. The largest absolute Gasteiger partial charge is 0.494 e. The molecule has 0 fully saturated rings. The molecular weight excluding hydrogens is 396 g/mol. The van der Waals surface area contributed by atoms with Crippen LogP contribution in [0.5, 0.6) is 17.2 Å². The maximum absolute atomic E-state index is 12.3. The van der Waals surface area contributed by atoms with Crippen molar-refractivity contribution in [3.63, 3.8) is 0 Å². The molecule has 0 radical (unpaired) electrons. The number of para-hydroxylation sites is 2. The zero-order valence-electron chi connectivity index (χ0n) is 16.8. The van der Waals surface area contributed by atoms with Gasteiger partial charge in [-0.15, -0.1) is 0 Å². The molecule has 2 aromatic carbocycles. The molecule has 2 aromatic rings. The van der Waals surface area contributed by atoms with Crippen LogP contribution in [0.2, 0.25) is 0 Å². The first kappa shape index (κ1) is 22.4. The summed E-state index contributed by atoms with van der Waals surface area (Å²) in [5, 5.41) is 2.66. The average Bonchev–Trinajstić information content (AvgIpc) is 2.70. The molecule has 2 rings (SSSR count). The van der Waals surface area contributed by atoms with Crippen LogP contribution in [0.15, 0.2) is 48.5 Å². The van der Waals surface area contributed by atoms with Gasteiger partial charge in [-0.3, -0.25) is 9.10 Å². The van der Waals surface area contributed by atoms with E-state index in [-0.39, 0.29) is 19.7 Å². The van der Waals surface area contributed by atoms with Crippen molar-refractivity contribution >= 4 is 21.6 Å². The third-order valence-corrected chi connectivity index (χ3v) is 5.01. The number of rotatable bonds is 11. The van der Waals surface area contributed by atoms with E-state index < -0.39 is 15.9 Å². The monoisotopic (exact) mass is 422 g/mol. The molecule has 0 saturated carbocycles. The van der Waals surface area contributed by atoms with Crippen LogP contribution in [0.3, 0.4) is 0 Å². The van der Waals surface area contributed by atoms with E-state index in [1.165, 1.54) is 0 Å². The molecule has 0 saturated heterocycles. The molecule has 0 heterocycles. The van der Waals surface area contributed by atoms with Gasteiger partial charge in [0.25, 0.3) is 0 Å². The fraction of sp³-hybridized carbons (Fsp3) is 0.350. The lowest BCUT2D eigenvalue weighted by atomic mass is 10.3. The number of amides is 1.